The summed E-state index contributed by atoms with van der Waals surface area (Å²) in [5.41, 5.74) is 0. The molecule has 1 heterocycles. The van der Waals surface area contributed by atoms with E-state index in [0.717, 1.165) is 4.47 Å². The van der Waals surface area contributed by atoms with Crippen molar-refractivity contribution in [3.8, 4) is 0 Å². The van der Waals surface area contributed by atoms with E-state index in [-0.39, 0.29) is 28.4 Å². The molecule has 4 nitrogen and oxygen atoms in total. The molecule has 1 fully saturated rings. The molecule has 108 valence electrons. The van der Waals surface area contributed by atoms with Gasteiger partial charge in [-0.1, -0.05) is 27.5 Å². The predicted molar refractivity (Wildman–Crippen MR) is 82.6 cm³/mol. The van der Waals surface area contributed by atoms with Crippen LogP contribution in [0.3, 0.4) is 0 Å². The molecule has 0 unspecified atom stereocenters. The SMILES string of the molecule is C[C@@H]1CN(S(=O)(=O)c2ccc(Br)cc2Cl)CCN1.Cl. The normalized spacial score (nSPS) is 20.9. The van der Waals surface area contributed by atoms with Gasteiger partial charge in [-0.2, -0.15) is 4.31 Å². The van der Waals surface area contributed by atoms with Gasteiger partial charge in [0.2, 0.25) is 10.0 Å². The molecule has 0 aliphatic carbocycles. The highest BCUT2D eigenvalue weighted by atomic mass is 79.9. The van der Waals surface area contributed by atoms with E-state index < -0.39 is 10.0 Å². The Labute approximate surface area is 133 Å². The molecule has 2 rings (SSSR count). The smallest absolute Gasteiger partial charge is 0.244 e. The first-order valence-electron chi connectivity index (χ1n) is 5.60. The zero-order valence-electron chi connectivity index (χ0n) is 10.3. The molecule has 0 bridgehead atoms. The highest BCUT2D eigenvalue weighted by molar-refractivity contribution is 9.10. The lowest BCUT2D eigenvalue weighted by atomic mass is 10.3. The van der Waals surface area contributed by atoms with Crippen molar-refractivity contribution in [3.63, 3.8) is 0 Å². The Bertz CT molecular complexity index is 554. The second-order valence-electron chi connectivity index (χ2n) is 4.29. The van der Waals surface area contributed by atoms with Crippen molar-refractivity contribution in [1.29, 1.82) is 0 Å². The molecule has 1 aromatic rings. The first-order valence-corrected chi connectivity index (χ1v) is 8.21. The first kappa shape index (κ1) is 17.2. The Morgan fingerprint density at radius 3 is 2.74 bits per heavy atom. The molecule has 0 amide bonds. The van der Waals surface area contributed by atoms with Crippen LogP contribution in [0.4, 0.5) is 0 Å². The summed E-state index contributed by atoms with van der Waals surface area (Å²) >= 11 is 9.28. The molecule has 0 spiro atoms. The summed E-state index contributed by atoms with van der Waals surface area (Å²) in [5, 5.41) is 3.46. The molecule has 1 aromatic carbocycles. The molecule has 1 saturated heterocycles. The van der Waals surface area contributed by atoms with Gasteiger partial charge in [-0.3, -0.25) is 0 Å². The van der Waals surface area contributed by atoms with E-state index in [0.29, 0.717) is 19.6 Å². The van der Waals surface area contributed by atoms with E-state index in [9.17, 15) is 8.42 Å². The number of halogens is 3. The van der Waals surface area contributed by atoms with Crippen LogP contribution >= 0.6 is 39.9 Å². The van der Waals surface area contributed by atoms with E-state index in [1.54, 1.807) is 12.1 Å². The Morgan fingerprint density at radius 2 is 2.16 bits per heavy atom. The molecule has 0 radical (unpaired) electrons. The van der Waals surface area contributed by atoms with Gasteiger partial charge in [0.1, 0.15) is 4.90 Å². The number of benzene rings is 1. The maximum absolute atomic E-state index is 12.5. The minimum atomic E-state index is -3.50. The Hall–Kier alpha value is 0.150. The van der Waals surface area contributed by atoms with Gasteiger partial charge < -0.3 is 5.32 Å². The fourth-order valence-corrected chi connectivity index (χ4v) is 4.48. The molecular weight excluding hydrogens is 375 g/mol. The number of nitrogens with one attached hydrogen (secondary N) is 1. The number of rotatable bonds is 2. The van der Waals surface area contributed by atoms with Crippen LogP contribution in [-0.4, -0.2) is 38.4 Å². The van der Waals surface area contributed by atoms with Crippen LogP contribution < -0.4 is 5.32 Å². The van der Waals surface area contributed by atoms with Gasteiger partial charge >= 0.3 is 0 Å². The average Bonchev–Trinajstić information content (AvgIpc) is 2.28. The zero-order chi connectivity index (χ0) is 13.3. The molecule has 19 heavy (non-hydrogen) atoms. The van der Waals surface area contributed by atoms with Crippen LogP contribution in [-0.2, 0) is 10.0 Å². The van der Waals surface area contributed by atoms with E-state index >= 15 is 0 Å². The summed E-state index contributed by atoms with van der Waals surface area (Å²) < 4.78 is 27.2. The number of nitrogens with zero attached hydrogens (tertiary/aromatic N) is 1. The van der Waals surface area contributed by atoms with Crippen LogP contribution in [0.25, 0.3) is 0 Å². The van der Waals surface area contributed by atoms with E-state index in [1.807, 2.05) is 6.92 Å². The highest BCUT2D eigenvalue weighted by Crippen LogP contribution is 2.28. The van der Waals surface area contributed by atoms with Crippen LogP contribution in [0.5, 0.6) is 0 Å². The van der Waals surface area contributed by atoms with Gasteiger partial charge in [0, 0.05) is 30.1 Å². The van der Waals surface area contributed by atoms with Gasteiger partial charge in [-0.15, -0.1) is 12.4 Å². The topological polar surface area (TPSA) is 49.4 Å². The van der Waals surface area contributed by atoms with Crippen molar-refractivity contribution < 1.29 is 8.42 Å². The maximum Gasteiger partial charge on any atom is 0.244 e. The third kappa shape index (κ3) is 3.83. The lowest BCUT2D eigenvalue weighted by Crippen LogP contribution is -2.51. The third-order valence-corrected chi connectivity index (χ3v) is 5.68. The Balaban J connectivity index is 0.00000180. The van der Waals surface area contributed by atoms with Gasteiger partial charge in [0.15, 0.2) is 0 Å². The standard InChI is InChI=1S/C11H14BrClN2O2S.ClH/c1-8-7-15(5-4-14-8)18(16,17)11-3-2-9(12)6-10(11)13;/h2-3,6,8,14H,4-5,7H2,1H3;1H/t8-;/m1./s1. The molecule has 1 N–H and O–H groups in total. The minimum absolute atomic E-state index is 0. The highest BCUT2D eigenvalue weighted by Gasteiger charge is 2.29. The van der Waals surface area contributed by atoms with Crippen molar-refractivity contribution in [2.45, 2.75) is 17.9 Å². The molecule has 8 heteroatoms. The number of hydrogen-bond donors (Lipinski definition) is 1. The second-order valence-corrected chi connectivity index (χ2v) is 7.52. The number of sulfonamides is 1. The monoisotopic (exact) mass is 388 g/mol. The van der Waals surface area contributed by atoms with Crippen LogP contribution in [0, 0.1) is 0 Å². The first-order chi connectivity index (χ1) is 8.41. The average molecular weight is 390 g/mol. The quantitative estimate of drug-likeness (QED) is 0.845. The van der Waals surface area contributed by atoms with Crippen molar-refractivity contribution >= 4 is 50.0 Å². The molecule has 0 saturated carbocycles. The Kier molecular flexibility index (Phi) is 6.10. The Morgan fingerprint density at radius 1 is 1.47 bits per heavy atom. The summed E-state index contributed by atoms with van der Waals surface area (Å²) in [5.74, 6) is 0. The summed E-state index contributed by atoms with van der Waals surface area (Å²) in [4.78, 5) is 0.168. The molecule has 1 atom stereocenters. The number of piperazine rings is 1. The van der Waals surface area contributed by atoms with Gasteiger partial charge in [0.25, 0.3) is 0 Å². The number of hydrogen-bond acceptors (Lipinski definition) is 3. The third-order valence-electron chi connectivity index (χ3n) is 2.84. The molecule has 1 aliphatic heterocycles. The summed E-state index contributed by atoms with van der Waals surface area (Å²) in [7, 11) is -3.50. The molecule has 1 aliphatic rings. The van der Waals surface area contributed by atoms with Crippen LogP contribution in [0.2, 0.25) is 5.02 Å². The van der Waals surface area contributed by atoms with Crippen molar-refractivity contribution in [3.05, 3.63) is 27.7 Å². The largest absolute Gasteiger partial charge is 0.312 e. The van der Waals surface area contributed by atoms with Gasteiger partial charge in [-0.05, 0) is 25.1 Å². The van der Waals surface area contributed by atoms with Crippen molar-refractivity contribution in [2.24, 2.45) is 0 Å². The van der Waals surface area contributed by atoms with E-state index in [1.165, 1.54) is 10.4 Å². The summed E-state index contributed by atoms with van der Waals surface area (Å²) in [6.45, 7) is 3.56. The molecular formula is C11H15BrCl2N2O2S. The summed E-state index contributed by atoms with van der Waals surface area (Å²) in [6, 6.07) is 4.97. The van der Waals surface area contributed by atoms with Crippen molar-refractivity contribution in [2.75, 3.05) is 19.6 Å². The predicted octanol–water partition coefficient (Wildman–Crippen LogP) is 2.51. The molecule has 0 aromatic heterocycles. The lowest BCUT2D eigenvalue weighted by Gasteiger charge is -2.31. The van der Waals surface area contributed by atoms with E-state index in [4.69, 9.17) is 11.6 Å². The fraction of sp³-hybridized carbons (Fsp3) is 0.455. The minimum Gasteiger partial charge on any atom is -0.312 e. The maximum atomic E-state index is 12.5. The van der Waals surface area contributed by atoms with E-state index in [2.05, 4.69) is 21.2 Å². The fourth-order valence-electron chi connectivity index (χ4n) is 1.94. The van der Waals surface area contributed by atoms with Crippen molar-refractivity contribution in [1.82, 2.24) is 9.62 Å². The van der Waals surface area contributed by atoms with Crippen LogP contribution in [0.1, 0.15) is 6.92 Å². The van der Waals surface area contributed by atoms with Gasteiger partial charge in [-0.25, -0.2) is 8.42 Å². The summed E-state index contributed by atoms with van der Waals surface area (Å²) in [6.07, 6.45) is 0. The zero-order valence-corrected chi connectivity index (χ0v) is 14.2. The van der Waals surface area contributed by atoms with Gasteiger partial charge in [0.05, 0.1) is 5.02 Å². The second kappa shape index (κ2) is 6.74. The van der Waals surface area contributed by atoms with Crippen LogP contribution in [0.15, 0.2) is 27.6 Å². The lowest BCUT2D eigenvalue weighted by molar-refractivity contribution is 0.310.